The van der Waals surface area contributed by atoms with Crippen LogP contribution in [0.4, 0.5) is 0 Å². The van der Waals surface area contributed by atoms with Gasteiger partial charge in [-0.25, -0.2) is 0 Å². The molecule has 0 spiro atoms. The van der Waals surface area contributed by atoms with Gasteiger partial charge >= 0.3 is 0 Å². The molecule has 0 saturated carbocycles. The van der Waals surface area contributed by atoms with Gasteiger partial charge in [-0.1, -0.05) is 6.07 Å². The lowest BCUT2D eigenvalue weighted by Gasteiger charge is -2.07. The van der Waals surface area contributed by atoms with Crippen LogP contribution in [0.3, 0.4) is 0 Å². The van der Waals surface area contributed by atoms with Gasteiger partial charge in [0.1, 0.15) is 0 Å². The number of nitrogens with zero attached hydrogens (tertiary/aromatic N) is 2. The zero-order valence-electron chi connectivity index (χ0n) is 6.83. The van der Waals surface area contributed by atoms with Crippen LogP contribution < -0.4 is 0 Å². The first-order valence-electron chi connectivity index (χ1n) is 3.70. The van der Waals surface area contributed by atoms with Crippen molar-refractivity contribution >= 4 is 0 Å². The Morgan fingerprint density at radius 2 is 2.36 bits per heavy atom. The van der Waals surface area contributed by atoms with Crippen LogP contribution in [-0.2, 0) is 6.42 Å². The van der Waals surface area contributed by atoms with E-state index in [9.17, 15) is 0 Å². The standard InChI is InChI=1S/C9H13N2/c1-11(2)8-6-9-5-3-4-7-10-9/h3-5,7H,1,6,8H2,2H3. The summed E-state index contributed by atoms with van der Waals surface area (Å²) in [6.45, 7) is 0.955. The van der Waals surface area contributed by atoms with Crippen LogP contribution in [0.1, 0.15) is 5.69 Å². The molecule has 0 N–H and O–H groups in total. The molecule has 1 aromatic heterocycles. The van der Waals surface area contributed by atoms with Gasteiger partial charge in [-0.15, -0.1) is 0 Å². The molecule has 0 saturated heterocycles. The van der Waals surface area contributed by atoms with E-state index in [0.717, 1.165) is 18.7 Å². The average molecular weight is 149 g/mol. The van der Waals surface area contributed by atoms with Crippen LogP contribution in [0, 0.1) is 7.05 Å². The molecule has 0 aliphatic heterocycles. The number of rotatable bonds is 3. The summed E-state index contributed by atoms with van der Waals surface area (Å²) in [5, 5.41) is 0. The van der Waals surface area contributed by atoms with Crippen LogP contribution in [0.5, 0.6) is 0 Å². The molecule has 0 aliphatic rings. The Labute approximate surface area is 67.9 Å². The first-order valence-corrected chi connectivity index (χ1v) is 3.70. The number of hydrogen-bond donors (Lipinski definition) is 0. The van der Waals surface area contributed by atoms with Gasteiger partial charge in [0.2, 0.25) is 0 Å². The van der Waals surface area contributed by atoms with E-state index in [1.807, 2.05) is 36.3 Å². The SMILES string of the molecule is [CH2]N(C)CCc1ccccn1. The summed E-state index contributed by atoms with van der Waals surface area (Å²) in [7, 11) is 5.72. The van der Waals surface area contributed by atoms with E-state index < -0.39 is 0 Å². The highest BCUT2D eigenvalue weighted by Crippen LogP contribution is 1.94. The molecule has 0 aliphatic carbocycles. The fourth-order valence-corrected chi connectivity index (χ4v) is 0.851. The van der Waals surface area contributed by atoms with Gasteiger partial charge in [0.25, 0.3) is 0 Å². The predicted octanol–water partition coefficient (Wildman–Crippen LogP) is 1.35. The number of likely N-dealkylation sites (N-methyl/N-ethyl adjacent to an activating group) is 1. The molecule has 0 atom stereocenters. The molecule has 0 amide bonds. The molecule has 1 aromatic rings. The van der Waals surface area contributed by atoms with Gasteiger partial charge in [0.05, 0.1) is 0 Å². The molecule has 59 valence electrons. The van der Waals surface area contributed by atoms with Crippen molar-refractivity contribution in [2.75, 3.05) is 13.6 Å². The van der Waals surface area contributed by atoms with E-state index in [1.54, 1.807) is 0 Å². The Morgan fingerprint density at radius 3 is 2.91 bits per heavy atom. The average Bonchev–Trinajstić information content (AvgIpc) is 2.03. The van der Waals surface area contributed by atoms with E-state index in [1.165, 1.54) is 0 Å². The zero-order chi connectivity index (χ0) is 8.10. The molecular formula is C9H13N2. The fourth-order valence-electron chi connectivity index (χ4n) is 0.851. The molecule has 2 heteroatoms. The minimum absolute atomic E-state index is 0.955. The highest BCUT2D eigenvalue weighted by molar-refractivity contribution is 5.03. The smallest absolute Gasteiger partial charge is 0.0416 e. The summed E-state index contributed by atoms with van der Waals surface area (Å²) in [4.78, 5) is 6.11. The molecular weight excluding hydrogens is 136 g/mol. The van der Waals surface area contributed by atoms with Crippen molar-refractivity contribution in [2.45, 2.75) is 6.42 Å². The van der Waals surface area contributed by atoms with Gasteiger partial charge in [-0.3, -0.25) is 4.98 Å². The van der Waals surface area contributed by atoms with E-state index in [0.29, 0.717) is 0 Å². The van der Waals surface area contributed by atoms with Crippen LogP contribution in [0.15, 0.2) is 24.4 Å². The predicted molar refractivity (Wildman–Crippen MR) is 45.9 cm³/mol. The molecule has 1 rings (SSSR count). The van der Waals surface area contributed by atoms with Gasteiger partial charge in [-0.2, -0.15) is 0 Å². The topological polar surface area (TPSA) is 16.1 Å². The van der Waals surface area contributed by atoms with Gasteiger partial charge in [-0.05, 0) is 19.2 Å². The molecule has 0 bridgehead atoms. The molecule has 0 aromatic carbocycles. The third-order valence-corrected chi connectivity index (χ3v) is 1.48. The van der Waals surface area contributed by atoms with Crippen molar-refractivity contribution in [3.63, 3.8) is 0 Å². The van der Waals surface area contributed by atoms with E-state index in [4.69, 9.17) is 0 Å². The highest BCUT2D eigenvalue weighted by Gasteiger charge is 1.93. The Morgan fingerprint density at radius 1 is 1.55 bits per heavy atom. The normalized spacial score (nSPS) is 10.5. The number of hydrogen-bond acceptors (Lipinski definition) is 2. The van der Waals surface area contributed by atoms with Crippen molar-refractivity contribution in [1.82, 2.24) is 9.88 Å². The van der Waals surface area contributed by atoms with E-state index >= 15 is 0 Å². The first kappa shape index (κ1) is 8.21. The lowest BCUT2D eigenvalue weighted by molar-refractivity contribution is 0.452. The van der Waals surface area contributed by atoms with Gasteiger partial charge < -0.3 is 4.90 Å². The Kier molecular flexibility index (Phi) is 3.05. The van der Waals surface area contributed by atoms with Crippen LogP contribution in [0.25, 0.3) is 0 Å². The van der Waals surface area contributed by atoms with Crippen molar-refractivity contribution < 1.29 is 0 Å². The summed E-state index contributed by atoms with van der Waals surface area (Å²) >= 11 is 0. The number of aromatic nitrogens is 1. The number of pyridine rings is 1. The third kappa shape index (κ3) is 3.14. The van der Waals surface area contributed by atoms with Crippen LogP contribution in [0.2, 0.25) is 0 Å². The molecule has 1 heterocycles. The second-order valence-corrected chi connectivity index (χ2v) is 2.65. The maximum absolute atomic E-state index is 4.20. The summed E-state index contributed by atoms with van der Waals surface area (Å²) in [5.41, 5.74) is 1.13. The maximum atomic E-state index is 4.20. The summed E-state index contributed by atoms with van der Waals surface area (Å²) < 4.78 is 0. The summed E-state index contributed by atoms with van der Waals surface area (Å²) in [6.07, 6.45) is 2.79. The summed E-state index contributed by atoms with van der Waals surface area (Å²) in [5.74, 6) is 0. The second-order valence-electron chi connectivity index (χ2n) is 2.65. The Hall–Kier alpha value is -0.890. The minimum atomic E-state index is 0.955. The van der Waals surface area contributed by atoms with E-state index in [-0.39, 0.29) is 0 Å². The Bertz CT molecular complexity index is 194. The van der Waals surface area contributed by atoms with Gasteiger partial charge in [0, 0.05) is 31.9 Å². The third-order valence-electron chi connectivity index (χ3n) is 1.48. The molecule has 2 nitrogen and oxygen atoms in total. The largest absolute Gasteiger partial charge is 0.305 e. The van der Waals surface area contributed by atoms with Crippen molar-refractivity contribution in [2.24, 2.45) is 0 Å². The van der Waals surface area contributed by atoms with Crippen LogP contribution in [-0.4, -0.2) is 23.5 Å². The minimum Gasteiger partial charge on any atom is -0.305 e. The molecule has 11 heavy (non-hydrogen) atoms. The lowest BCUT2D eigenvalue weighted by atomic mass is 10.3. The molecule has 1 radical (unpaired) electrons. The quantitative estimate of drug-likeness (QED) is 0.645. The fraction of sp³-hybridized carbons (Fsp3) is 0.333. The second kappa shape index (κ2) is 4.09. The van der Waals surface area contributed by atoms with Crippen LogP contribution >= 0.6 is 0 Å². The van der Waals surface area contributed by atoms with Gasteiger partial charge in [0.15, 0.2) is 0 Å². The van der Waals surface area contributed by atoms with Crippen molar-refractivity contribution in [3.8, 4) is 0 Å². The molecule has 0 unspecified atom stereocenters. The van der Waals surface area contributed by atoms with Crippen molar-refractivity contribution in [1.29, 1.82) is 0 Å². The Balaban J connectivity index is 2.39. The lowest BCUT2D eigenvalue weighted by Crippen LogP contribution is -2.13. The molecule has 0 fully saturated rings. The first-order chi connectivity index (χ1) is 5.29. The summed E-state index contributed by atoms with van der Waals surface area (Å²) in [6, 6.07) is 5.96. The maximum Gasteiger partial charge on any atom is 0.0416 e. The van der Waals surface area contributed by atoms with E-state index in [2.05, 4.69) is 12.0 Å². The zero-order valence-corrected chi connectivity index (χ0v) is 6.83. The highest BCUT2D eigenvalue weighted by atomic mass is 15.0. The van der Waals surface area contributed by atoms with Crippen molar-refractivity contribution in [3.05, 3.63) is 37.1 Å². The monoisotopic (exact) mass is 149 g/mol.